The number of primary amides is 1. The van der Waals surface area contributed by atoms with Crippen molar-refractivity contribution >= 4 is 11.8 Å². The molecule has 0 aliphatic heterocycles. The summed E-state index contributed by atoms with van der Waals surface area (Å²) in [5.41, 5.74) is 4.81. The van der Waals surface area contributed by atoms with Crippen molar-refractivity contribution in [1.29, 1.82) is 0 Å². The molecule has 0 spiro atoms. The third kappa shape index (κ3) is 3.29. The highest BCUT2D eigenvalue weighted by atomic mass is 16.3. The van der Waals surface area contributed by atoms with Gasteiger partial charge in [-0.1, -0.05) is 12.1 Å². The van der Waals surface area contributed by atoms with Crippen LogP contribution < -0.4 is 11.1 Å². The summed E-state index contributed by atoms with van der Waals surface area (Å²) in [5.74, 6) is -1.09. The van der Waals surface area contributed by atoms with Gasteiger partial charge in [-0.15, -0.1) is 0 Å². The SMILES string of the molecule is CC(C)(CO)NC(=O)c1ccccc1C(N)=O. The second-order valence-electron chi connectivity index (χ2n) is 4.41. The number of nitrogens with one attached hydrogen (secondary N) is 1. The molecule has 0 radical (unpaired) electrons. The van der Waals surface area contributed by atoms with Crippen LogP contribution in [0.25, 0.3) is 0 Å². The smallest absolute Gasteiger partial charge is 0.252 e. The lowest BCUT2D eigenvalue weighted by atomic mass is 10.0. The Morgan fingerprint density at radius 3 is 2.29 bits per heavy atom. The van der Waals surface area contributed by atoms with Gasteiger partial charge in [0.05, 0.1) is 23.3 Å². The molecule has 4 N–H and O–H groups in total. The van der Waals surface area contributed by atoms with Crippen LogP contribution in [-0.2, 0) is 0 Å². The first-order chi connectivity index (χ1) is 7.87. The summed E-state index contributed by atoms with van der Waals surface area (Å²) in [7, 11) is 0. The van der Waals surface area contributed by atoms with Crippen molar-refractivity contribution in [2.45, 2.75) is 19.4 Å². The van der Waals surface area contributed by atoms with Gasteiger partial charge >= 0.3 is 0 Å². The molecule has 0 saturated heterocycles. The van der Waals surface area contributed by atoms with Gasteiger partial charge in [-0.05, 0) is 26.0 Å². The van der Waals surface area contributed by atoms with Gasteiger partial charge in [0.15, 0.2) is 0 Å². The number of hydrogen-bond acceptors (Lipinski definition) is 3. The van der Waals surface area contributed by atoms with E-state index in [-0.39, 0.29) is 17.7 Å². The van der Waals surface area contributed by atoms with Crippen molar-refractivity contribution in [3.8, 4) is 0 Å². The topological polar surface area (TPSA) is 92.4 Å². The van der Waals surface area contributed by atoms with Crippen LogP contribution in [0.3, 0.4) is 0 Å². The first-order valence-corrected chi connectivity index (χ1v) is 5.19. The van der Waals surface area contributed by atoms with Crippen LogP contribution in [0.5, 0.6) is 0 Å². The summed E-state index contributed by atoms with van der Waals surface area (Å²) < 4.78 is 0. The standard InChI is InChI=1S/C12H16N2O3/c1-12(2,7-15)14-11(17)9-6-4-3-5-8(9)10(13)16/h3-6,15H,7H2,1-2H3,(H2,13,16)(H,14,17). The van der Waals surface area contributed by atoms with Crippen molar-refractivity contribution in [1.82, 2.24) is 5.32 Å². The maximum absolute atomic E-state index is 11.9. The first-order valence-electron chi connectivity index (χ1n) is 5.19. The summed E-state index contributed by atoms with van der Waals surface area (Å²) in [5, 5.41) is 11.7. The number of amides is 2. The van der Waals surface area contributed by atoms with E-state index in [1.165, 1.54) is 12.1 Å². The highest BCUT2D eigenvalue weighted by molar-refractivity contribution is 6.06. The predicted octanol–water partition coefficient (Wildman–Crippen LogP) is 0.286. The van der Waals surface area contributed by atoms with Gasteiger partial charge in [-0.3, -0.25) is 9.59 Å². The number of carbonyl (C=O) groups excluding carboxylic acids is 2. The van der Waals surface area contributed by atoms with Crippen LogP contribution in [0.15, 0.2) is 24.3 Å². The van der Waals surface area contributed by atoms with Crippen molar-refractivity contribution in [3.63, 3.8) is 0 Å². The Kier molecular flexibility index (Phi) is 3.85. The molecule has 2 amide bonds. The molecule has 5 heteroatoms. The molecule has 1 rings (SSSR count). The molecule has 1 aromatic rings. The van der Waals surface area contributed by atoms with Crippen molar-refractivity contribution in [2.24, 2.45) is 5.73 Å². The molecule has 1 aromatic carbocycles. The first kappa shape index (κ1) is 13.2. The van der Waals surface area contributed by atoms with E-state index in [9.17, 15) is 9.59 Å². The summed E-state index contributed by atoms with van der Waals surface area (Å²) >= 11 is 0. The third-order valence-corrected chi connectivity index (χ3v) is 2.28. The average molecular weight is 236 g/mol. The van der Waals surface area contributed by atoms with E-state index in [4.69, 9.17) is 10.8 Å². The molecule has 0 bridgehead atoms. The van der Waals surface area contributed by atoms with Gasteiger partial charge in [0.2, 0.25) is 5.91 Å². The minimum absolute atomic E-state index is 0.165. The highest BCUT2D eigenvalue weighted by Gasteiger charge is 2.22. The van der Waals surface area contributed by atoms with Gasteiger partial charge in [-0.2, -0.15) is 0 Å². The normalized spacial score (nSPS) is 11.0. The van der Waals surface area contributed by atoms with Crippen LogP contribution in [0.1, 0.15) is 34.6 Å². The second-order valence-corrected chi connectivity index (χ2v) is 4.41. The highest BCUT2D eigenvalue weighted by Crippen LogP contribution is 2.10. The molecular weight excluding hydrogens is 220 g/mol. The lowest BCUT2D eigenvalue weighted by Gasteiger charge is -2.23. The number of aliphatic hydroxyl groups excluding tert-OH is 1. The molecule has 17 heavy (non-hydrogen) atoms. The van der Waals surface area contributed by atoms with Crippen LogP contribution in [-0.4, -0.2) is 29.1 Å². The quantitative estimate of drug-likeness (QED) is 0.701. The Balaban J connectivity index is 3.01. The van der Waals surface area contributed by atoms with E-state index >= 15 is 0 Å². The van der Waals surface area contributed by atoms with Gasteiger partial charge in [0.25, 0.3) is 5.91 Å². The lowest BCUT2D eigenvalue weighted by Crippen LogP contribution is -2.46. The van der Waals surface area contributed by atoms with Crippen LogP contribution in [0.2, 0.25) is 0 Å². The van der Waals surface area contributed by atoms with Crippen molar-refractivity contribution in [3.05, 3.63) is 35.4 Å². The van der Waals surface area contributed by atoms with E-state index < -0.39 is 17.4 Å². The Labute approximate surface area is 99.6 Å². The van der Waals surface area contributed by atoms with E-state index in [1.54, 1.807) is 26.0 Å². The molecule has 92 valence electrons. The molecule has 0 aliphatic carbocycles. The molecule has 0 aromatic heterocycles. The second kappa shape index (κ2) is 4.97. The van der Waals surface area contributed by atoms with E-state index in [0.29, 0.717) is 0 Å². The zero-order chi connectivity index (χ0) is 13.1. The number of rotatable bonds is 4. The fraction of sp³-hybridized carbons (Fsp3) is 0.333. The molecule has 0 saturated carbocycles. The molecule has 0 fully saturated rings. The number of nitrogens with two attached hydrogens (primary N) is 1. The maximum atomic E-state index is 11.9. The largest absolute Gasteiger partial charge is 0.394 e. The summed E-state index contributed by atoms with van der Waals surface area (Å²) in [6, 6.07) is 6.29. The lowest BCUT2D eigenvalue weighted by molar-refractivity contribution is 0.0861. The molecular formula is C12H16N2O3. The van der Waals surface area contributed by atoms with Gasteiger partial charge in [0, 0.05) is 0 Å². The fourth-order valence-electron chi connectivity index (χ4n) is 1.31. The average Bonchev–Trinajstić information content (AvgIpc) is 2.28. The number of carbonyl (C=O) groups is 2. The summed E-state index contributed by atoms with van der Waals surface area (Å²) in [4.78, 5) is 23.1. The van der Waals surface area contributed by atoms with Crippen LogP contribution in [0, 0.1) is 0 Å². The Morgan fingerprint density at radius 2 is 1.82 bits per heavy atom. The predicted molar refractivity (Wildman–Crippen MR) is 63.6 cm³/mol. The minimum atomic E-state index is -0.748. The molecule has 5 nitrogen and oxygen atoms in total. The Hall–Kier alpha value is -1.88. The maximum Gasteiger partial charge on any atom is 0.252 e. The minimum Gasteiger partial charge on any atom is -0.394 e. The number of hydrogen-bond donors (Lipinski definition) is 3. The molecule has 0 unspecified atom stereocenters. The van der Waals surface area contributed by atoms with Crippen molar-refractivity contribution < 1.29 is 14.7 Å². The number of benzene rings is 1. The van der Waals surface area contributed by atoms with Crippen LogP contribution >= 0.6 is 0 Å². The molecule has 0 aliphatic rings. The zero-order valence-corrected chi connectivity index (χ0v) is 9.86. The van der Waals surface area contributed by atoms with E-state index in [2.05, 4.69) is 5.32 Å². The molecule has 0 heterocycles. The number of aliphatic hydroxyl groups is 1. The van der Waals surface area contributed by atoms with Gasteiger partial charge in [-0.25, -0.2) is 0 Å². The van der Waals surface area contributed by atoms with Crippen LogP contribution in [0.4, 0.5) is 0 Å². The zero-order valence-electron chi connectivity index (χ0n) is 9.86. The Morgan fingerprint density at radius 1 is 1.29 bits per heavy atom. The molecule has 0 atom stereocenters. The Bertz CT molecular complexity index is 441. The fourth-order valence-corrected chi connectivity index (χ4v) is 1.31. The van der Waals surface area contributed by atoms with E-state index in [0.717, 1.165) is 0 Å². The monoisotopic (exact) mass is 236 g/mol. The van der Waals surface area contributed by atoms with Crippen molar-refractivity contribution in [2.75, 3.05) is 6.61 Å². The van der Waals surface area contributed by atoms with Gasteiger partial charge in [0.1, 0.15) is 0 Å². The third-order valence-electron chi connectivity index (χ3n) is 2.28. The summed E-state index contributed by atoms with van der Waals surface area (Å²) in [6.07, 6.45) is 0. The van der Waals surface area contributed by atoms with E-state index in [1.807, 2.05) is 0 Å². The van der Waals surface area contributed by atoms with Gasteiger partial charge < -0.3 is 16.2 Å². The summed E-state index contributed by atoms with van der Waals surface area (Å²) in [6.45, 7) is 3.16.